The number of rotatable bonds is 2. The minimum Gasteiger partial charge on any atom is -0.466 e. The Labute approximate surface area is 116 Å². The van der Waals surface area contributed by atoms with Crippen LogP contribution in [0.5, 0.6) is 0 Å². The second kappa shape index (κ2) is 4.77. The summed E-state index contributed by atoms with van der Waals surface area (Å²) >= 11 is 0. The van der Waals surface area contributed by atoms with Crippen LogP contribution in [0.1, 0.15) is 52.5 Å². The first-order valence-electron chi connectivity index (χ1n) is 6.74. The van der Waals surface area contributed by atoms with Crippen molar-refractivity contribution < 1.29 is 13.7 Å². The molecule has 0 aromatic carbocycles. The number of furan rings is 1. The van der Waals surface area contributed by atoms with E-state index < -0.39 is 0 Å². The zero-order valence-electron chi connectivity index (χ0n) is 11.8. The van der Waals surface area contributed by atoms with E-state index in [1.54, 1.807) is 17.9 Å². The molecule has 1 unspecified atom stereocenters. The van der Waals surface area contributed by atoms with Crippen LogP contribution in [0.2, 0.25) is 0 Å². The zero-order chi connectivity index (χ0) is 14.3. The lowest BCUT2D eigenvalue weighted by molar-refractivity contribution is 0.0708. The molecule has 0 aliphatic carbocycles. The molecule has 0 N–H and O–H groups in total. The largest absolute Gasteiger partial charge is 0.466 e. The van der Waals surface area contributed by atoms with Crippen molar-refractivity contribution in [1.82, 2.24) is 15.0 Å². The van der Waals surface area contributed by atoms with Gasteiger partial charge in [0.25, 0.3) is 5.91 Å². The van der Waals surface area contributed by atoms with Crippen LogP contribution in [0.4, 0.5) is 0 Å². The molecular weight excluding hydrogens is 258 g/mol. The molecule has 3 heterocycles. The van der Waals surface area contributed by atoms with E-state index in [4.69, 9.17) is 8.94 Å². The summed E-state index contributed by atoms with van der Waals surface area (Å²) in [5.74, 6) is 2.48. The second-order valence-electron chi connectivity index (χ2n) is 5.16. The van der Waals surface area contributed by atoms with Gasteiger partial charge in [0.05, 0.1) is 5.56 Å². The molecule has 0 spiro atoms. The predicted octanol–water partition coefficient (Wildman–Crippen LogP) is 2.57. The van der Waals surface area contributed by atoms with Crippen molar-refractivity contribution in [2.45, 2.75) is 39.7 Å². The fourth-order valence-corrected chi connectivity index (χ4v) is 2.71. The van der Waals surface area contributed by atoms with Gasteiger partial charge in [-0.15, -0.1) is 0 Å². The third-order valence-electron chi connectivity index (χ3n) is 3.61. The Bertz CT molecular complexity index is 644. The van der Waals surface area contributed by atoms with Gasteiger partial charge in [-0.25, -0.2) is 0 Å². The minimum absolute atomic E-state index is 0.0299. The third kappa shape index (κ3) is 2.11. The van der Waals surface area contributed by atoms with Crippen LogP contribution in [-0.2, 0) is 0 Å². The van der Waals surface area contributed by atoms with Gasteiger partial charge in [0.1, 0.15) is 17.6 Å². The van der Waals surface area contributed by atoms with Crippen LogP contribution in [0, 0.1) is 20.8 Å². The Kier molecular flexibility index (Phi) is 3.08. The Morgan fingerprint density at radius 2 is 2.20 bits per heavy atom. The van der Waals surface area contributed by atoms with Gasteiger partial charge in [-0.2, -0.15) is 4.98 Å². The van der Waals surface area contributed by atoms with Crippen LogP contribution < -0.4 is 0 Å². The number of aromatic nitrogens is 2. The van der Waals surface area contributed by atoms with E-state index in [0.29, 0.717) is 29.6 Å². The molecule has 1 aliphatic rings. The summed E-state index contributed by atoms with van der Waals surface area (Å²) in [4.78, 5) is 18.7. The molecule has 0 saturated carbocycles. The van der Waals surface area contributed by atoms with Crippen molar-refractivity contribution >= 4 is 5.91 Å². The van der Waals surface area contributed by atoms with E-state index >= 15 is 0 Å². The maximum Gasteiger partial charge on any atom is 0.258 e. The first-order chi connectivity index (χ1) is 9.56. The van der Waals surface area contributed by atoms with Gasteiger partial charge in [-0.1, -0.05) is 5.16 Å². The van der Waals surface area contributed by atoms with Gasteiger partial charge >= 0.3 is 0 Å². The number of amides is 1. The summed E-state index contributed by atoms with van der Waals surface area (Å²) in [5, 5.41) is 3.81. The Hall–Kier alpha value is -2.11. The number of aryl methyl sites for hydroxylation is 3. The van der Waals surface area contributed by atoms with E-state index in [0.717, 1.165) is 18.6 Å². The smallest absolute Gasteiger partial charge is 0.258 e. The molecule has 1 fully saturated rings. The van der Waals surface area contributed by atoms with E-state index in [-0.39, 0.29) is 11.9 Å². The Morgan fingerprint density at radius 1 is 1.40 bits per heavy atom. The molecule has 1 aliphatic heterocycles. The van der Waals surface area contributed by atoms with Gasteiger partial charge in [0.15, 0.2) is 5.82 Å². The normalized spacial score (nSPS) is 18.8. The SMILES string of the molecule is Cc1noc(C2CCCN2C(=O)c2cc(C)oc2C)n1. The Morgan fingerprint density at radius 3 is 2.80 bits per heavy atom. The number of nitrogens with zero attached hydrogens (tertiary/aromatic N) is 3. The van der Waals surface area contributed by atoms with Crippen LogP contribution in [0.15, 0.2) is 15.0 Å². The van der Waals surface area contributed by atoms with Crippen molar-refractivity contribution in [3.05, 3.63) is 34.9 Å². The molecule has 6 nitrogen and oxygen atoms in total. The number of likely N-dealkylation sites (tertiary alicyclic amines) is 1. The number of carbonyl (C=O) groups is 1. The molecule has 6 heteroatoms. The van der Waals surface area contributed by atoms with Gasteiger partial charge in [0, 0.05) is 6.54 Å². The first-order valence-corrected chi connectivity index (χ1v) is 6.74. The zero-order valence-corrected chi connectivity index (χ0v) is 11.8. The molecule has 2 aromatic rings. The highest BCUT2D eigenvalue weighted by Gasteiger charge is 2.35. The van der Waals surface area contributed by atoms with E-state index in [1.807, 2.05) is 13.8 Å². The van der Waals surface area contributed by atoms with Crippen molar-refractivity contribution in [3.8, 4) is 0 Å². The predicted molar refractivity (Wildman–Crippen MR) is 70.2 cm³/mol. The highest BCUT2D eigenvalue weighted by molar-refractivity contribution is 5.95. The summed E-state index contributed by atoms with van der Waals surface area (Å²) in [6.45, 7) is 6.13. The molecule has 1 atom stereocenters. The standard InChI is InChI=1S/C14H17N3O3/c1-8-7-11(9(2)19-8)14(18)17-6-4-5-12(17)13-15-10(3)16-20-13/h7,12H,4-6H2,1-3H3. The van der Waals surface area contributed by atoms with Gasteiger partial charge in [-0.3, -0.25) is 4.79 Å². The van der Waals surface area contributed by atoms with Crippen molar-refractivity contribution in [2.24, 2.45) is 0 Å². The molecule has 0 bridgehead atoms. The highest BCUT2D eigenvalue weighted by atomic mass is 16.5. The number of hydrogen-bond acceptors (Lipinski definition) is 5. The molecule has 1 amide bonds. The molecular formula is C14H17N3O3. The van der Waals surface area contributed by atoms with Gasteiger partial charge in [0.2, 0.25) is 5.89 Å². The maximum atomic E-state index is 12.6. The number of carbonyl (C=O) groups excluding carboxylic acids is 1. The van der Waals surface area contributed by atoms with E-state index in [2.05, 4.69) is 10.1 Å². The highest BCUT2D eigenvalue weighted by Crippen LogP contribution is 2.33. The Balaban J connectivity index is 1.89. The molecule has 1 saturated heterocycles. The molecule has 3 rings (SSSR count). The van der Waals surface area contributed by atoms with Gasteiger partial charge < -0.3 is 13.8 Å². The first kappa shape index (κ1) is 12.9. The van der Waals surface area contributed by atoms with Crippen LogP contribution in [0.3, 0.4) is 0 Å². The number of hydrogen-bond donors (Lipinski definition) is 0. The van der Waals surface area contributed by atoms with Crippen molar-refractivity contribution in [2.75, 3.05) is 6.54 Å². The monoisotopic (exact) mass is 275 g/mol. The lowest BCUT2D eigenvalue weighted by Crippen LogP contribution is -2.30. The third-order valence-corrected chi connectivity index (χ3v) is 3.61. The van der Waals surface area contributed by atoms with E-state index in [9.17, 15) is 4.79 Å². The van der Waals surface area contributed by atoms with Gasteiger partial charge in [-0.05, 0) is 39.7 Å². The minimum atomic E-state index is -0.127. The summed E-state index contributed by atoms with van der Waals surface area (Å²) in [6, 6.07) is 1.66. The quantitative estimate of drug-likeness (QED) is 0.842. The summed E-state index contributed by atoms with van der Waals surface area (Å²) in [6.07, 6.45) is 1.79. The summed E-state index contributed by atoms with van der Waals surface area (Å²) < 4.78 is 10.7. The molecule has 20 heavy (non-hydrogen) atoms. The van der Waals surface area contributed by atoms with Crippen LogP contribution in [0.25, 0.3) is 0 Å². The van der Waals surface area contributed by atoms with Crippen molar-refractivity contribution in [3.63, 3.8) is 0 Å². The molecule has 106 valence electrons. The van der Waals surface area contributed by atoms with Crippen LogP contribution >= 0.6 is 0 Å². The summed E-state index contributed by atoms with van der Waals surface area (Å²) in [5.41, 5.74) is 0.616. The fraction of sp³-hybridized carbons (Fsp3) is 0.500. The van der Waals surface area contributed by atoms with Crippen molar-refractivity contribution in [1.29, 1.82) is 0 Å². The average Bonchev–Trinajstić information content (AvgIpc) is 3.08. The molecule has 2 aromatic heterocycles. The maximum absolute atomic E-state index is 12.6. The fourth-order valence-electron chi connectivity index (χ4n) is 2.71. The lowest BCUT2D eigenvalue weighted by Gasteiger charge is -2.21. The average molecular weight is 275 g/mol. The van der Waals surface area contributed by atoms with Crippen LogP contribution in [-0.4, -0.2) is 27.5 Å². The second-order valence-corrected chi connectivity index (χ2v) is 5.16. The topological polar surface area (TPSA) is 72.4 Å². The van der Waals surface area contributed by atoms with E-state index in [1.165, 1.54) is 0 Å². The lowest BCUT2D eigenvalue weighted by atomic mass is 10.2. The summed E-state index contributed by atoms with van der Waals surface area (Å²) in [7, 11) is 0. The molecule has 0 radical (unpaired) electrons.